The van der Waals surface area contributed by atoms with Crippen LogP contribution in [0.4, 0.5) is 0 Å². The Bertz CT molecular complexity index is 492. The molecule has 0 aromatic heterocycles. The van der Waals surface area contributed by atoms with Gasteiger partial charge < -0.3 is 19.5 Å². The van der Waals surface area contributed by atoms with Gasteiger partial charge in [-0.05, 0) is 26.0 Å². The lowest BCUT2D eigenvalue weighted by Gasteiger charge is -2.07. The second-order valence-electron chi connectivity index (χ2n) is 4.38. The van der Waals surface area contributed by atoms with Gasteiger partial charge in [0.25, 0.3) is 0 Å². The SMILES string of the molecule is CC(C)=CC(=O)NCCOc1ccc2c(c1)OCO2. The summed E-state index contributed by atoms with van der Waals surface area (Å²) in [5.74, 6) is 2.00. The molecule has 1 heterocycles. The summed E-state index contributed by atoms with van der Waals surface area (Å²) >= 11 is 0. The summed E-state index contributed by atoms with van der Waals surface area (Å²) in [6, 6.07) is 5.39. The van der Waals surface area contributed by atoms with Gasteiger partial charge in [-0.15, -0.1) is 0 Å². The Hall–Kier alpha value is -2.17. The fraction of sp³-hybridized carbons (Fsp3) is 0.357. The van der Waals surface area contributed by atoms with E-state index in [1.54, 1.807) is 18.2 Å². The molecule has 0 fully saturated rings. The van der Waals surface area contributed by atoms with Crippen molar-refractivity contribution < 1.29 is 19.0 Å². The van der Waals surface area contributed by atoms with Crippen molar-refractivity contribution in [3.63, 3.8) is 0 Å². The Morgan fingerprint density at radius 3 is 2.95 bits per heavy atom. The molecule has 102 valence electrons. The van der Waals surface area contributed by atoms with Crippen molar-refractivity contribution in [2.45, 2.75) is 13.8 Å². The van der Waals surface area contributed by atoms with Crippen LogP contribution in [0.2, 0.25) is 0 Å². The monoisotopic (exact) mass is 263 g/mol. The number of amides is 1. The van der Waals surface area contributed by atoms with E-state index < -0.39 is 0 Å². The average Bonchev–Trinajstić information content (AvgIpc) is 2.81. The minimum Gasteiger partial charge on any atom is -0.492 e. The van der Waals surface area contributed by atoms with Gasteiger partial charge in [-0.2, -0.15) is 0 Å². The van der Waals surface area contributed by atoms with Crippen molar-refractivity contribution in [3.05, 3.63) is 29.8 Å². The fourth-order valence-electron chi connectivity index (χ4n) is 1.62. The molecule has 1 aromatic carbocycles. The highest BCUT2D eigenvalue weighted by Gasteiger charge is 2.13. The number of carbonyl (C=O) groups is 1. The van der Waals surface area contributed by atoms with Gasteiger partial charge in [-0.3, -0.25) is 4.79 Å². The molecule has 5 nitrogen and oxygen atoms in total. The summed E-state index contributed by atoms with van der Waals surface area (Å²) in [4.78, 5) is 11.3. The van der Waals surface area contributed by atoms with E-state index in [1.807, 2.05) is 19.9 Å². The Balaban J connectivity index is 1.74. The minimum absolute atomic E-state index is 0.103. The smallest absolute Gasteiger partial charge is 0.244 e. The van der Waals surface area contributed by atoms with Crippen molar-refractivity contribution in [1.82, 2.24) is 5.32 Å². The maximum Gasteiger partial charge on any atom is 0.244 e. The van der Waals surface area contributed by atoms with Crippen LogP contribution in [-0.2, 0) is 4.79 Å². The number of nitrogens with one attached hydrogen (secondary N) is 1. The summed E-state index contributed by atoms with van der Waals surface area (Å²) in [5, 5.41) is 2.74. The first kappa shape index (κ1) is 13.3. The molecule has 2 rings (SSSR count). The third kappa shape index (κ3) is 3.91. The lowest BCUT2D eigenvalue weighted by Crippen LogP contribution is -2.26. The third-order valence-electron chi connectivity index (χ3n) is 2.43. The molecule has 0 spiro atoms. The van der Waals surface area contributed by atoms with Crippen molar-refractivity contribution in [3.8, 4) is 17.2 Å². The molecule has 0 saturated heterocycles. The number of allylic oxidation sites excluding steroid dienone is 1. The summed E-state index contributed by atoms with van der Waals surface area (Å²) in [6.07, 6.45) is 1.56. The van der Waals surface area contributed by atoms with Crippen LogP contribution < -0.4 is 19.5 Å². The topological polar surface area (TPSA) is 56.8 Å². The maximum absolute atomic E-state index is 11.3. The van der Waals surface area contributed by atoms with Crippen LogP contribution in [0, 0.1) is 0 Å². The van der Waals surface area contributed by atoms with E-state index in [-0.39, 0.29) is 12.7 Å². The fourth-order valence-corrected chi connectivity index (χ4v) is 1.62. The Kier molecular flexibility index (Phi) is 4.28. The van der Waals surface area contributed by atoms with Crippen LogP contribution in [0.15, 0.2) is 29.8 Å². The largest absolute Gasteiger partial charge is 0.492 e. The zero-order chi connectivity index (χ0) is 13.7. The van der Waals surface area contributed by atoms with E-state index in [1.165, 1.54) is 0 Å². The zero-order valence-corrected chi connectivity index (χ0v) is 11.1. The van der Waals surface area contributed by atoms with Crippen molar-refractivity contribution in [2.75, 3.05) is 19.9 Å². The number of benzene rings is 1. The predicted octanol–water partition coefficient (Wildman–Crippen LogP) is 1.88. The highest BCUT2D eigenvalue weighted by molar-refractivity contribution is 5.87. The number of hydrogen-bond acceptors (Lipinski definition) is 4. The van der Waals surface area contributed by atoms with Gasteiger partial charge in [0.2, 0.25) is 12.7 Å². The summed E-state index contributed by atoms with van der Waals surface area (Å²) in [6.45, 7) is 4.86. The lowest BCUT2D eigenvalue weighted by atomic mass is 10.3. The molecule has 19 heavy (non-hydrogen) atoms. The van der Waals surface area contributed by atoms with Crippen LogP contribution >= 0.6 is 0 Å². The van der Waals surface area contributed by atoms with E-state index in [9.17, 15) is 4.79 Å². The maximum atomic E-state index is 11.3. The molecule has 0 aliphatic carbocycles. The van der Waals surface area contributed by atoms with Crippen molar-refractivity contribution >= 4 is 5.91 Å². The van der Waals surface area contributed by atoms with Gasteiger partial charge in [-0.25, -0.2) is 0 Å². The van der Waals surface area contributed by atoms with Crippen LogP contribution in [0.3, 0.4) is 0 Å². The number of ether oxygens (including phenoxy) is 3. The average molecular weight is 263 g/mol. The second kappa shape index (κ2) is 6.13. The first-order chi connectivity index (χ1) is 9.15. The molecule has 5 heteroatoms. The molecular formula is C14H17NO4. The number of fused-ring (bicyclic) bond motifs is 1. The highest BCUT2D eigenvalue weighted by atomic mass is 16.7. The summed E-state index contributed by atoms with van der Waals surface area (Å²) in [7, 11) is 0. The van der Waals surface area contributed by atoms with E-state index in [4.69, 9.17) is 14.2 Å². The Labute approximate surface area is 112 Å². The third-order valence-corrected chi connectivity index (χ3v) is 2.43. The normalized spacial score (nSPS) is 11.9. The van der Waals surface area contributed by atoms with Gasteiger partial charge in [0.1, 0.15) is 12.4 Å². The second-order valence-corrected chi connectivity index (χ2v) is 4.38. The minimum atomic E-state index is -0.103. The van der Waals surface area contributed by atoms with E-state index in [0.29, 0.717) is 24.7 Å². The molecule has 0 unspecified atom stereocenters. The van der Waals surface area contributed by atoms with E-state index in [2.05, 4.69) is 5.32 Å². The highest BCUT2D eigenvalue weighted by Crippen LogP contribution is 2.34. The molecular weight excluding hydrogens is 246 g/mol. The first-order valence-electron chi connectivity index (χ1n) is 6.10. The van der Waals surface area contributed by atoms with E-state index >= 15 is 0 Å². The molecule has 1 amide bonds. The zero-order valence-electron chi connectivity index (χ0n) is 11.1. The van der Waals surface area contributed by atoms with Crippen molar-refractivity contribution in [1.29, 1.82) is 0 Å². The molecule has 0 radical (unpaired) electrons. The van der Waals surface area contributed by atoms with E-state index in [0.717, 1.165) is 11.3 Å². The molecule has 1 aliphatic rings. The van der Waals surface area contributed by atoms with Crippen LogP contribution in [0.5, 0.6) is 17.2 Å². The van der Waals surface area contributed by atoms with Crippen LogP contribution in [0.1, 0.15) is 13.8 Å². The number of carbonyl (C=O) groups excluding carboxylic acids is 1. The summed E-state index contributed by atoms with van der Waals surface area (Å²) < 4.78 is 16.0. The van der Waals surface area contributed by atoms with Gasteiger partial charge in [0.15, 0.2) is 11.5 Å². The molecule has 1 N–H and O–H groups in total. The van der Waals surface area contributed by atoms with Gasteiger partial charge in [-0.1, -0.05) is 5.57 Å². The molecule has 1 aliphatic heterocycles. The van der Waals surface area contributed by atoms with Gasteiger partial charge >= 0.3 is 0 Å². The van der Waals surface area contributed by atoms with Gasteiger partial charge in [0, 0.05) is 12.1 Å². The van der Waals surface area contributed by atoms with Crippen molar-refractivity contribution in [2.24, 2.45) is 0 Å². The van der Waals surface area contributed by atoms with Crippen LogP contribution in [-0.4, -0.2) is 25.9 Å². The molecule has 0 bridgehead atoms. The quantitative estimate of drug-likeness (QED) is 0.651. The molecule has 0 atom stereocenters. The van der Waals surface area contributed by atoms with Crippen LogP contribution in [0.25, 0.3) is 0 Å². The van der Waals surface area contributed by atoms with Gasteiger partial charge in [0.05, 0.1) is 6.54 Å². The molecule has 0 saturated carbocycles. The summed E-state index contributed by atoms with van der Waals surface area (Å²) in [5.41, 5.74) is 0.967. The predicted molar refractivity (Wildman–Crippen MR) is 70.5 cm³/mol. The Morgan fingerprint density at radius 2 is 2.16 bits per heavy atom. The number of rotatable bonds is 5. The number of hydrogen-bond donors (Lipinski definition) is 1. The standard InChI is InChI=1S/C14H17NO4/c1-10(2)7-14(16)15-5-6-17-11-3-4-12-13(8-11)19-9-18-12/h3-4,7-8H,5-6,9H2,1-2H3,(H,15,16). The molecule has 1 aromatic rings. The lowest BCUT2D eigenvalue weighted by molar-refractivity contribution is -0.116. The Morgan fingerprint density at radius 1 is 1.37 bits per heavy atom. The first-order valence-corrected chi connectivity index (χ1v) is 6.10.